The van der Waals surface area contributed by atoms with Crippen molar-refractivity contribution in [2.24, 2.45) is 5.41 Å². The summed E-state index contributed by atoms with van der Waals surface area (Å²) in [5.41, 5.74) is 0.482. The van der Waals surface area contributed by atoms with E-state index in [1.807, 2.05) is 7.11 Å². The predicted octanol–water partition coefficient (Wildman–Crippen LogP) is 3.11. The zero-order valence-electron chi connectivity index (χ0n) is 11.1. The van der Waals surface area contributed by atoms with Crippen molar-refractivity contribution >= 4 is 0 Å². The van der Waals surface area contributed by atoms with Crippen LogP contribution >= 0.6 is 0 Å². The van der Waals surface area contributed by atoms with Crippen LogP contribution < -0.4 is 5.32 Å². The molecule has 1 N–H and O–H groups in total. The summed E-state index contributed by atoms with van der Waals surface area (Å²) >= 11 is 0. The molecule has 0 saturated heterocycles. The molecule has 0 aromatic rings. The van der Waals surface area contributed by atoms with Gasteiger partial charge in [0.15, 0.2) is 0 Å². The van der Waals surface area contributed by atoms with Gasteiger partial charge in [0.25, 0.3) is 0 Å². The third kappa shape index (κ3) is 2.60. The highest BCUT2D eigenvalue weighted by atomic mass is 16.5. The lowest BCUT2D eigenvalue weighted by molar-refractivity contribution is 0.0325. The van der Waals surface area contributed by atoms with Gasteiger partial charge in [0.05, 0.1) is 6.10 Å². The van der Waals surface area contributed by atoms with Crippen LogP contribution in [-0.4, -0.2) is 25.3 Å². The molecule has 0 heterocycles. The number of hydrogen-bond acceptors (Lipinski definition) is 2. The van der Waals surface area contributed by atoms with E-state index in [0.29, 0.717) is 23.6 Å². The molecule has 2 fully saturated rings. The Labute approximate surface area is 100 Å². The lowest BCUT2D eigenvalue weighted by atomic mass is 9.85. The van der Waals surface area contributed by atoms with Gasteiger partial charge in [-0.2, -0.15) is 0 Å². The number of hydrogen-bond donors (Lipinski definition) is 1. The average Bonchev–Trinajstić information content (AvgIpc) is 2.59. The predicted molar refractivity (Wildman–Crippen MR) is 67.6 cm³/mol. The Kier molecular flexibility index (Phi) is 3.91. The molecule has 2 heteroatoms. The fourth-order valence-electron chi connectivity index (χ4n) is 3.46. The Morgan fingerprint density at radius 2 is 1.81 bits per heavy atom. The van der Waals surface area contributed by atoms with E-state index in [1.54, 1.807) is 0 Å². The van der Waals surface area contributed by atoms with E-state index in [-0.39, 0.29) is 0 Å². The summed E-state index contributed by atoms with van der Waals surface area (Å²) in [6.07, 6.45) is 9.79. The molecule has 3 atom stereocenters. The second-order valence-corrected chi connectivity index (χ2v) is 6.27. The van der Waals surface area contributed by atoms with Crippen LogP contribution in [0.5, 0.6) is 0 Å². The van der Waals surface area contributed by atoms with Crippen LogP contribution in [0, 0.1) is 5.41 Å². The standard InChI is InChI=1S/C14H27NO/c1-14(2)10-6-9-13(14)15-11-7-4-5-8-12(11)16-3/h11-13,15H,4-10H2,1-3H3. The molecule has 0 aliphatic heterocycles. The Balaban J connectivity index is 1.92. The van der Waals surface area contributed by atoms with Gasteiger partial charge in [-0.1, -0.05) is 33.1 Å². The quantitative estimate of drug-likeness (QED) is 0.797. The Morgan fingerprint density at radius 3 is 2.44 bits per heavy atom. The minimum Gasteiger partial charge on any atom is -0.380 e. The lowest BCUT2D eigenvalue weighted by Crippen LogP contribution is -2.50. The average molecular weight is 225 g/mol. The highest BCUT2D eigenvalue weighted by Gasteiger charge is 2.37. The Hall–Kier alpha value is -0.0800. The van der Waals surface area contributed by atoms with Crippen molar-refractivity contribution in [2.45, 2.75) is 77.0 Å². The summed E-state index contributed by atoms with van der Waals surface area (Å²) in [6, 6.07) is 1.30. The molecule has 0 amide bonds. The summed E-state index contributed by atoms with van der Waals surface area (Å²) in [4.78, 5) is 0. The normalized spacial score (nSPS) is 38.8. The fourth-order valence-corrected chi connectivity index (χ4v) is 3.46. The molecule has 0 radical (unpaired) electrons. The van der Waals surface area contributed by atoms with Crippen LogP contribution in [-0.2, 0) is 4.74 Å². The smallest absolute Gasteiger partial charge is 0.0724 e. The van der Waals surface area contributed by atoms with Crippen LogP contribution in [0.1, 0.15) is 58.8 Å². The SMILES string of the molecule is COC1CCCCC1NC1CCCC1(C)C. The van der Waals surface area contributed by atoms with E-state index in [4.69, 9.17) is 4.74 Å². The van der Waals surface area contributed by atoms with Crippen molar-refractivity contribution in [3.8, 4) is 0 Å². The molecule has 16 heavy (non-hydrogen) atoms. The highest BCUT2D eigenvalue weighted by Crippen LogP contribution is 2.38. The highest BCUT2D eigenvalue weighted by molar-refractivity contribution is 4.94. The summed E-state index contributed by atoms with van der Waals surface area (Å²) in [5.74, 6) is 0. The van der Waals surface area contributed by atoms with Crippen molar-refractivity contribution < 1.29 is 4.74 Å². The van der Waals surface area contributed by atoms with E-state index >= 15 is 0 Å². The van der Waals surface area contributed by atoms with Crippen LogP contribution in [0.3, 0.4) is 0 Å². The van der Waals surface area contributed by atoms with E-state index in [0.717, 1.165) is 0 Å². The lowest BCUT2D eigenvalue weighted by Gasteiger charge is -2.37. The van der Waals surface area contributed by atoms with Gasteiger partial charge in [0, 0.05) is 19.2 Å². The van der Waals surface area contributed by atoms with Gasteiger partial charge in [-0.3, -0.25) is 0 Å². The third-order valence-electron chi connectivity index (χ3n) is 4.68. The third-order valence-corrected chi connectivity index (χ3v) is 4.68. The van der Waals surface area contributed by atoms with E-state index in [9.17, 15) is 0 Å². The van der Waals surface area contributed by atoms with Crippen LogP contribution in [0.2, 0.25) is 0 Å². The first kappa shape index (κ1) is 12.4. The topological polar surface area (TPSA) is 21.3 Å². The second-order valence-electron chi connectivity index (χ2n) is 6.27. The molecule has 2 nitrogen and oxygen atoms in total. The van der Waals surface area contributed by atoms with Gasteiger partial charge >= 0.3 is 0 Å². The first-order chi connectivity index (χ1) is 7.63. The molecule has 2 aliphatic carbocycles. The molecule has 2 rings (SSSR count). The summed E-state index contributed by atoms with van der Waals surface area (Å²) in [5, 5.41) is 3.88. The Morgan fingerprint density at radius 1 is 1.06 bits per heavy atom. The first-order valence-corrected chi connectivity index (χ1v) is 6.92. The van der Waals surface area contributed by atoms with Crippen molar-refractivity contribution in [3.63, 3.8) is 0 Å². The maximum atomic E-state index is 5.62. The van der Waals surface area contributed by atoms with Gasteiger partial charge in [-0.25, -0.2) is 0 Å². The summed E-state index contributed by atoms with van der Waals surface area (Å²) < 4.78 is 5.62. The minimum atomic E-state index is 0.449. The van der Waals surface area contributed by atoms with Gasteiger partial charge in [-0.15, -0.1) is 0 Å². The van der Waals surface area contributed by atoms with Gasteiger partial charge in [0.1, 0.15) is 0 Å². The Bertz CT molecular complexity index is 227. The number of rotatable bonds is 3. The number of nitrogens with one attached hydrogen (secondary N) is 1. The maximum absolute atomic E-state index is 5.62. The molecular formula is C14H27NO. The summed E-state index contributed by atoms with van der Waals surface area (Å²) in [7, 11) is 1.87. The second kappa shape index (κ2) is 5.05. The monoisotopic (exact) mass is 225 g/mol. The molecule has 3 unspecified atom stereocenters. The van der Waals surface area contributed by atoms with E-state index in [2.05, 4.69) is 19.2 Å². The fraction of sp³-hybridized carbons (Fsp3) is 1.00. The number of methoxy groups -OCH3 is 1. The first-order valence-electron chi connectivity index (χ1n) is 6.92. The molecule has 2 saturated carbocycles. The molecule has 2 aliphatic rings. The van der Waals surface area contributed by atoms with Crippen molar-refractivity contribution in [3.05, 3.63) is 0 Å². The number of ether oxygens (including phenoxy) is 1. The van der Waals surface area contributed by atoms with E-state index < -0.39 is 0 Å². The largest absolute Gasteiger partial charge is 0.380 e. The van der Waals surface area contributed by atoms with Crippen molar-refractivity contribution in [1.29, 1.82) is 0 Å². The van der Waals surface area contributed by atoms with Gasteiger partial charge < -0.3 is 10.1 Å². The molecular weight excluding hydrogens is 198 g/mol. The van der Waals surface area contributed by atoms with Gasteiger partial charge in [-0.05, 0) is 31.1 Å². The van der Waals surface area contributed by atoms with Crippen LogP contribution in [0.4, 0.5) is 0 Å². The molecule has 0 spiro atoms. The summed E-state index contributed by atoms with van der Waals surface area (Å²) in [6.45, 7) is 4.81. The van der Waals surface area contributed by atoms with Crippen LogP contribution in [0.15, 0.2) is 0 Å². The molecule has 0 aromatic heterocycles. The minimum absolute atomic E-state index is 0.449. The molecule has 0 bridgehead atoms. The van der Waals surface area contributed by atoms with Crippen LogP contribution in [0.25, 0.3) is 0 Å². The zero-order valence-corrected chi connectivity index (χ0v) is 11.1. The maximum Gasteiger partial charge on any atom is 0.0724 e. The van der Waals surface area contributed by atoms with Gasteiger partial charge in [0.2, 0.25) is 0 Å². The molecule has 94 valence electrons. The van der Waals surface area contributed by atoms with Crippen molar-refractivity contribution in [2.75, 3.05) is 7.11 Å². The van der Waals surface area contributed by atoms with E-state index in [1.165, 1.54) is 44.9 Å². The van der Waals surface area contributed by atoms with Crippen molar-refractivity contribution in [1.82, 2.24) is 5.32 Å². The molecule has 0 aromatic carbocycles. The zero-order chi connectivity index (χ0) is 11.6.